The summed E-state index contributed by atoms with van der Waals surface area (Å²) in [5, 5.41) is 8.91. The summed E-state index contributed by atoms with van der Waals surface area (Å²) in [6.45, 7) is 8.71. The van der Waals surface area contributed by atoms with Crippen LogP contribution in [0.1, 0.15) is 77.9 Å². The van der Waals surface area contributed by atoms with Gasteiger partial charge in [0.25, 0.3) is 5.91 Å². The summed E-state index contributed by atoms with van der Waals surface area (Å²) in [4.78, 5) is 39.3. The minimum atomic E-state index is -1.32. The van der Waals surface area contributed by atoms with Crippen molar-refractivity contribution in [2.75, 3.05) is 13.7 Å². The quantitative estimate of drug-likeness (QED) is 0.300. The lowest BCUT2D eigenvalue weighted by atomic mass is 9.88. The molecular formula is C24H36BrNO8. The van der Waals surface area contributed by atoms with Crippen LogP contribution in [0.25, 0.3) is 0 Å². The summed E-state index contributed by atoms with van der Waals surface area (Å²) in [7, 11) is 1.32. The van der Waals surface area contributed by atoms with Gasteiger partial charge in [-0.15, -0.1) is 0 Å². The molecule has 1 aromatic heterocycles. The SMILES string of the molecule is CO[C@@H](C(=O)N1C(=O)OC(C)(C)[C@H]1C(C)C)[C@@H](OC(C)=O)c1cc(Br)c(CCCCCCO)o1. The third kappa shape index (κ3) is 6.60. The number of carbonyl (C=O) groups is 3. The van der Waals surface area contributed by atoms with Crippen molar-refractivity contribution >= 4 is 33.9 Å². The van der Waals surface area contributed by atoms with E-state index in [0.717, 1.165) is 30.6 Å². The van der Waals surface area contributed by atoms with Crippen LogP contribution in [0.3, 0.4) is 0 Å². The number of unbranched alkanes of at least 4 members (excludes halogenated alkanes) is 3. The Kier molecular flexibility index (Phi) is 10.1. The van der Waals surface area contributed by atoms with Gasteiger partial charge in [-0.2, -0.15) is 0 Å². The molecule has 1 aliphatic heterocycles. The van der Waals surface area contributed by atoms with Crippen molar-refractivity contribution in [3.63, 3.8) is 0 Å². The Morgan fingerprint density at radius 1 is 1.24 bits per heavy atom. The molecule has 0 spiro atoms. The lowest BCUT2D eigenvalue weighted by Gasteiger charge is -2.33. The second kappa shape index (κ2) is 12.2. The van der Waals surface area contributed by atoms with Crippen molar-refractivity contribution in [1.82, 2.24) is 4.90 Å². The van der Waals surface area contributed by atoms with Gasteiger partial charge in [0.15, 0.2) is 12.2 Å². The van der Waals surface area contributed by atoms with Crippen molar-refractivity contribution in [2.24, 2.45) is 5.92 Å². The van der Waals surface area contributed by atoms with Crippen LogP contribution in [0.5, 0.6) is 0 Å². The topological polar surface area (TPSA) is 116 Å². The molecule has 0 saturated carbocycles. The fourth-order valence-electron chi connectivity index (χ4n) is 4.51. The zero-order chi connectivity index (χ0) is 25.6. The minimum absolute atomic E-state index is 0.0784. The van der Waals surface area contributed by atoms with Crippen molar-refractivity contribution in [3.05, 3.63) is 22.1 Å². The maximum atomic E-state index is 13.6. The second-order valence-electron chi connectivity index (χ2n) is 9.36. The molecule has 3 atom stereocenters. The number of aryl methyl sites for hydroxylation is 1. The highest BCUT2D eigenvalue weighted by molar-refractivity contribution is 9.10. The Balaban J connectivity index is 2.32. The number of methoxy groups -OCH3 is 1. The largest absolute Gasteiger partial charge is 0.461 e. The molecule has 192 valence electrons. The molecule has 1 fully saturated rings. The second-order valence-corrected chi connectivity index (χ2v) is 10.2. The van der Waals surface area contributed by atoms with E-state index in [-0.39, 0.29) is 18.3 Å². The van der Waals surface area contributed by atoms with Crippen LogP contribution in [0.15, 0.2) is 15.0 Å². The van der Waals surface area contributed by atoms with Crippen LogP contribution in [0, 0.1) is 5.92 Å². The van der Waals surface area contributed by atoms with Crippen LogP contribution < -0.4 is 0 Å². The van der Waals surface area contributed by atoms with Gasteiger partial charge < -0.3 is 23.7 Å². The molecule has 10 heteroatoms. The fraction of sp³-hybridized carbons (Fsp3) is 0.708. The summed E-state index contributed by atoms with van der Waals surface area (Å²) in [6.07, 6.45) is 0.802. The van der Waals surface area contributed by atoms with E-state index in [9.17, 15) is 14.4 Å². The first-order chi connectivity index (χ1) is 15.9. The molecule has 1 aromatic rings. The van der Waals surface area contributed by atoms with E-state index in [1.165, 1.54) is 14.0 Å². The average Bonchev–Trinajstić information content (AvgIpc) is 3.22. The molecule has 0 bridgehead atoms. The predicted molar refractivity (Wildman–Crippen MR) is 127 cm³/mol. The van der Waals surface area contributed by atoms with Gasteiger partial charge in [0, 0.05) is 27.1 Å². The number of imide groups is 1. The number of nitrogens with zero attached hydrogens (tertiary/aromatic N) is 1. The summed E-state index contributed by atoms with van der Waals surface area (Å²) >= 11 is 3.48. The molecule has 1 aliphatic rings. The van der Waals surface area contributed by atoms with Crippen molar-refractivity contribution in [3.8, 4) is 0 Å². The molecule has 9 nitrogen and oxygen atoms in total. The van der Waals surface area contributed by atoms with E-state index in [4.69, 9.17) is 23.7 Å². The number of halogens is 1. The molecule has 2 amide bonds. The number of aliphatic hydroxyl groups is 1. The van der Waals surface area contributed by atoms with Crippen LogP contribution in [0.4, 0.5) is 4.79 Å². The van der Waals surface area contributed by atoms with E-state index in [0.29, 0.717) is 16.7 Å². The third-order valence-corrected chi connectivity index (χ3v) is 6.51. The number of ether oxygens (including phenoxy) is 3. The van der Waals surface area contributed by atoms with E-state index in [1.807, 2.05) is 13.8 Å². The lowest BCUT2D eigenvalue weighted by molar-refractivity contribution is -0.165. The molecule has 1 N–H and O–H groups in total. The fourth-order valence-corrected chi connectivity index (χ4v) is 5.02. The monoisotopic (exact) mass is 545 g/mol. The summed E-state index contributed by atoms with van der Waals surface area (Å²) < 4.78 is 23.1. The molecule has 0 unspecified atom stereocenters. The van der Waals surface area contributed by atoms with Crippen molar-refractivity contribution in [2.45, 2.75) is 90.6 Å². The standard InChI is InChI=1S/C24H36BrNO8/c1-14(2)21-24(4,5)34-23(30)26(21)22(29)20(31-6)19(32-15(3)28)18-13-16(25)17(33-18)11-9-7-8-10-12-27/h13-14,19-21,27H,7-12H2,1-6H3/t19-,20+,21+/m0/s1. The number of esters is 1. The number of rotatable bonds is 12. The van der Waals surface area contributed by atoms with Gasteiger partial charge in [0.2, 0.25) is 0 Å². The van der Waals surface area contributed by atoms with Crippen LogP contribution in [0.2, 0.25) is 0 Å². The molecule has 0 aromatic carbocycles. The van der Waals surface area contributed by atoms with Crippen LogP contribution in [-0.2, 0) is 30.2 Å². The van der Waals surface area contributed by atoms with Crippen molar-refractivity contribution in [1.29, 1.82) is 0 Å². The highest BCUT2D eigenvalue weighted by Crippen LogP contribution is 2.37. The van der Waals surface area contributed by atoms with Gasteiger partial charge in [0.05, 0.1) is 10.5 Å². The first kappa shape index (κ1) is 28.3. The smallest absolute Gasteiger partial charge is 0.417 e. The number of carbonyl (C=O) groups excluding carboxylic acids is 3. The number of hydrogen-bond donors (Lipinski definition) is 1. The zero-order valence-corrected chi connectivity index (χ0v) is 22.3. The van der Waals surface area contributed by atoms with Crippen LogP contribution >= 0.6 is 15.9 Å². The summed E-state index contributed by atoms with van der Waals surface area (Å²) in [5.74, 6) is -0.477. The highest BCUT2D eigenvalue weighted by Gasteiger charge is 2.54. The van der Waals surface area contributed by atoms with Gasteiger partial charge in [-0.3, -0.25) is 9.59 Å². The average molecular weight is 546 g/mol. The van der Waals surface area contributed by atoms with E-state index >= 15 is 0 Å². The summed E-state index contributed by atoms with van der Waals surface area (Å²) in [6, 6.07) is 1.13. The van der Waals surface area contributed by atoms with E-state index in [2.05, 4.69) is 15.9 Å². The maximum absolute atomic E-state index is 13.6. The molecule has 1 saturated heterocycles. The van der Waals surface area contributed by atoms with Gasteiger partial charge in [0.1, 0.15) is 17.1 Å². The molecule has 34 heavy (non-hydrogen) atoms. The van der Waals surface area contributed by atoms with Gasteiger partial charge in [-0.05, 0) is 54.6 Å². The number of furan rings is 1. The van der Waals surface area contributed by atoms with Gasteiger partial charge >= 0.3 is 12.1 Å². The Morgan fingerprint density at radius 3 is 2.44 bits per heavy atom. The Morgan fingerprint density at radius 2 is 1.88 bits per heavy atom. The minimum Gasteiger partial charge on any atom is -0.461 e. The Hall–Kier alpha value is -1.91. The molecular weight excluding hydrogens is 510 g/mol. The first-order valence-electron chi connectivity index (χ1n) is 11.6. The summed E-state index contributed by atoms with van der Waals surface area (Å²) in [5.41, 5.74) is -0.882. The lowest BCUT2D eigenvalue weighted by Crippen LogP contribution is -2.52. The normalized spacial score (nSPS) is 19.3. The molecule has 0 radical (unpaired) electrons. The van der Waals surface area contributed by atoms with Gasteiger partial charge in [-0.1, -0.05) is 26.7 Å². The van der Waals surface area contributed by atoms with Crippen LogP contribution in [-0.4, -0.2) is 59.4 Å². The molecule has 0 aliphatic carbocycles. The number of amides is 2. The Bertz CT molecular complexity index is 865. The zero-order valence-electron chi connectivity index (χ0n) is 20.8. The van der Waals surface area contributed by atoms with E-state index < -0.39 is 41.8 Å². The number of hydrogen-bond acceptors (Lipinski definition) is 8. The number of cyclic esters (lactones) is 1. The van der Waals surface area contributed by atoms with Gasteiger partial charge in [-0.25, -0.2) is 9.69 Å². The number of aliphatic hydroxyl groups excluding tert-OH is 1. The predicted octanol–water partition coefficient (Wildman–Crippen LogP) is 4.54. The van der Waals surface area contributed by atoms with E-state index in [1.54, 1.807) is 19.9 Å². The molecule has 2 rings (SSSR count). The highest BCUT2D eigenvalue weighted by atomic mass is 79.9. The maximum Gasteiger partial charge on any atom is 0.417 e. The van der Waals surface area contributed by atoms with Crippen molar-refractivity contribution < 1.29 is 38.1 Å². The molecule has 2 heterocycles. The third-order valence-electron chi connectivity index (χ3n) is 5.84. The first-order valence-corrected chi connectivity index (χ1v) is 12.4. The Labute approximate surface area is 209 Å².